The Bertz CT molecular complexity index is 1260. The van der Waals surface area contributed by atoms with Gasteiger partial charge in [0, 0.05) is 25.7 Å². The standard InChI is InChI=1S/C19H17F2N7O2/c1-9-4-3-5-11-12(9)24-18(30-11)14-13-10(22-8-23-13)6-7-28(14)19(29)17-25-16(15(20)21)26-27(17)2/h3-5,8,14-15H,6-7H2,1-2H3,(H,22,23)/t14-/m0/s1. The number of imidazole rings is 1. The van der Waals surface area contributed by atoms with Crippen molar-refractivity contribution >= 4 is 17.0 Å². The van der Waals surface area contributed by atoms with Gasteiger partial charge in [-0.05, 0) is 18.6 Å². The summed E-state index contributed by atoms with van der Waals surface area (Å²) in [6.45, 7) is 2.23. The van der Waals surface area contributed by atoms with E-state index in [1.165, 1.54) is 11.9 Å². The first kappa shape index (κ1) is 18.4. The number of oxazole rings is 1. The molecule has 1 amide bonds. The number of aromatic amines is 1. The lowest BCUT2D eigenvalue weighted by molar-refractivity contribution is 0.0649. The Balaban J connectivity index is 1.62. The van der Waals surface area contributed by atoms with Crippen molar-refractivity contribution in [2.24, 2.45) is 7.05 Å². The molecule has 11 heteroatoms. The Hall–Kier alpha value is -3.63. The van der Waals surface area contributed by atoms with Crippen LogP contribution in [0, 0.1) is 6.92 Å². The second kappa shape index (κ2) is 6.71. The van der Waals surface area contributed by atoms with Crippen molar-refractivity contribution in [1.82, 2.24) is 34.6 Å². The summed E-state index contributed by atoms with van der Waals surface area (Å²) in [4.78, 5) is 30.6. The Kier molecular flexibility index (Phi) is 4.12. The number of benzene rings is 1. The lowest BCUT2D eigenvalue weighted by Gasteiger charge is -2.32. The maximum Gasteiger partial charge on any atom is 0.299 e. The molecular formula is C19H17F2N7O2. The number of carbonyl (C=O) groups is 1. The van der Waals surface area contributed by atoms with Crippen LogP contribution in [0.1, 0.15) is 51.8 Å². The molecule has 0 saturated carbocycles. The van der Waals surface area contributed by atoms with E-state index in [-0.39, 0.29) is 5.82 Å². The average Bonchev–Trinajstić information content (AvgIpc) is 3.44. The highest BCUT2D eigenvalue weighted by molar-refractivity contribution is 5.91. The maximum atomic E-state index is 13.3. The lowest BCUT2D eigenvalue weighted by atomic mass is 10.0. The van der Waals surface area contributed by atoms with Crippen molar-refractivity contribution in [2.75, 3.05) is 6.54 Å². The zero-order valence-corrected chi connectivity index (χ0v) is 16.1. The van der Waals surface area contributed by atoms with Gasteiger partial charge in [0.25, 0.3) is 12.3 Å². The van der Waals surface area contributed by atoms with Gasteiger partial charge in [0.15, 0.2) is 11.6 Å². The SMILES string of the molecule is Cc1cccc2oc([C@@H]3c4nc[nH]c4CCN3C(=O)c3nc(C(F)F)nn3C)nc12. The van der Waals surface area contributed by atoms with Gasteiger partial charge < -0.3 is 14.3 Å². The zero-order valence-electron chi connectivity index (χ0n) is 16.1. The number of fused-ring (bicyclic) bond motifs is 2. The van der Waals surface area contributed by atoms with Gasteiger partial charge >= 0.3 is 0 Å². The van der Waals surface area contributed by atoms with Crippen molar-refractivity contribution in [3.8, 4) is 0 Å². The molecule has 1 atom stereocenters. The van der Waals surface area contributed by atoms with Gasteiger partial charge in [0.1, 0.15) is 5.52 Å². The van der Waals surface area contributed by atoms with E-state index in [1.54, 1.807) is 12.4 Å². The monoisotopic (exact) mass is 413 g/mol. The van der Waals surface area contributed by atoms with Crippen molar-refractivity contribution in [3.63, 3.8) is 0 Å². The van der Waals surface area contributed by atoms with E-state index in [0.29, 0.717) is 35.6 Å². The molecular weight excluding hydrogens is 396 g/mol. The largest absolute Gasteiger partial charge is 0.438 e. The van der Waals surface area contributed by atoms with Crippen molar-refractivity contribution < 1.29 is 18.0 Å². The number of aryl methyl sites for hydroxylation is 2. The zero-order chi connectivity index (χ0) is 21.0. The predicted octanol–water partition coefficient (Wildman–Crippen LogP) is 2.71. The van der Waals surface area contributed by atoms with Gasteiger partial charge in [-0.1, -0.05) is 12.1 Å². The summed E-state index contributed by atoms with van der Waals surface area (Å²) in [5.74, 6) is -1.11. The van der Waals surface area contributed by atoms with Gasteiger partial charge in [-0.3, -0.25) is 4.79 Å². The van der Waals surface area contributed by atoms with Crippen LogP contribution < -0.4 is 0 Å². The molecule has 0 spiro atoms. The molecule has 1 aliphatic heterocycles. The Morgan fingerprint density at radius 3 is 2.90 bits per heavy atom. The van der Waals surface area contributed by atoms with Crippen molar-refractivity contribution in [2.45, 2.75) is 25.8 Å². The first-order valence-electron chi connectivity index (χ1n) is 9.32. The van der Waals surface area contributed by atoms with E-state index >= 15 is 0 Å². The molecule has 0 radical (unpaired) electrons. The minimum absolute atomic E-state index is 0.179. The van der Waals surface area contributed by atoms with Crippen LogP contribution in [0.3, 0.4) is 0 Å². The summed E-state index contributed by atoms with van der Waals surface area (Å²) in [5.41, 5.74) is 3.71. The van der Waals surface area contributed by atoms with E-state index in [1.807, 2.05) is 19.1 Å². The van der Waals surface area contributed by atoms with E-state index < -0.39 is 24.2 Å². The fourth-order valence-corrected chi connectivity index (χ4v) is 3.78. The van der Waals surface area contributed by atoms with Crippen LogP contribution in [-0.2, 0) is 13.5 Å². The van der Waals surface area contributed by atoms with Gasteiger partial charge in [-0.2, -0.15) is 0 Å². The second-order valence-corrected chi connectivity index (χ2v) is 7.11. The summed E-state index contributed by atoms with van der Waals surface area (Å²) in [6, 6.07) is 4.87. The second-order valence-electron chi connectivity index (χ2n) is 7.11. The molecule has 0 aliphatic carbocycles. The first-order valence-corrected chi connectivity index (χ1v) is 9.32. The predicted molar refractivity (Wildman–Crippen MR) is 99.9 cm³/mol. The van der Waals surface area contributed by atoms with Crippen molar-refractivity contribution in [1.29, 1.82) is 0 Å². The van der Waals surface area contributed by atoms with E-state index in [0.717, 1.165) is 15.9 Å². The van der Waals surface area contributed by atoms with Crippen LogP contribution in [0.25, 0.3) is 11.1 Å². The summed E-state index contributed by atoms with van der Waals surface area (Å²) in [5, 5.41) is 3.65. The highest BCUT2D eigenvalue weighted by Gasteiger charge is 2.39. The fraction of sp³-hybridized carbons (Fsp3) is 0.316. The smallest absolute Gasteiger partial charge is 0.299 e. The lowest BCUT2D eigenvalue weighted by Crippen LogP contribution is -2.42. The van der Waals surface area contributed by atoms with Crippen LogP contribution in [-0.4, -0.2) is 47.1 Å². The molecule has 9 nitrogen and oxygen atoms in total. The molecule has 0 saturated heterocycles. The highest BCUT2D eigenvalue weighted by Crippen LogP contribution is 2.35. The van der Waals surface area contributed by atoms with Crippen LogP contribution in [0.5, 0.6) is 0 Å². The molecule has 0 fully saturated rings. The Morgan fingerprint density at radius 1 is 1.33 bits per heavy atom. The number of halogens is 2. The average molecular weight is 413 g/mol. The minimum atomic E-state index is -2.87. The Labute approximate surface area is 168 Å². The van der Waals surface area contributed by atoms with E-state index in [4.69, 9.17) is 4.42 Å². The first-order chi connectivity index (χ1) is 14.4. The van der Waals surface area contributed by atoms with Crippen LogP contribution >= 0.6 is 0 Å². The molecule has 5 rings (SSSR count). The third-order valence-electron chi connectivity index (χ3n) is 5.22. The topological polar surface area (TPSA) is 106 Å². The summed E-state index contributed by atoms with van der Waals surface area (Å²) in [6.07, 6.45) is -0.791. The van der Waals surface area contributed by atoms with Crippen LogP contribution in [0.15, 0.2) is 28.9 Å². The number of aromatic nitrogens is 6. The molecule has 1 aromatic carbocycles. The van der Waals surface area contributed by atoms with Gasteiger partial charge in [-0.25, -0.2) is 28.4 Å². The molecule has 30 heavy (non-hydrogen) atoms. The molecule has 0 bridgehead atoms. The molecule has 3 aromatic heterocycles. The third-order valence-corrected chi connectivity index (χ3v) is 5.22. The van der Waals surface area contributed by atoms with Gasteiger partial charge in [0.2, 0.25) is 17.5 Å². The number of nitrogens with zero attached hydrogens (tertiary/aromatic N) is 6. The molecule has 0 unspecified atom stereocenters. The number of hydrogen-bond acceptors (Lipinski definition) is 6. The number of rotatable bonds is 3. The molecule has 1 N–H and O–H groups in total. The number of alkyl halides is 2. The molecule has 4 aromatic rings. The number of hydrogen-bond donors (Lipinski definition) is 1. The molecule has 154 valence electrons. The molecule has 1 aliphatic rings. The summed E-state index contributed by atoms with van der Waals surface area (Å²) in [7, 11) is 1.41. The van der Waals surface area contributed by atoms with E-state index in [9.17, 15) is 13.6 Å². The quantitative estimate of drug-likeness (QED) is 0.554. The van der Waals surface area contributed by atoms with Crippen LogP contribution in [0.4, 0.5) is 8.78 Å². The van der Waals surface area contributed by atoms with Gasteiger partial charge in [-0.15, -0.1) is 5.10 Å². The number of nitrogens with one attached hydrogen (secondary N) is 1. The third kappa shape index (κ3) is 2.77. The minimum Gasteiger partial charge on any atom is -0.438 e. The Morgan fingerprint density at radius 2 is 2.17 bits per heavy atom. The fourth-order valence-electron chi connectivity index (χ4n) is 3.78. The number of para-hydroxylation sites is 1. The van der Waals surface area contributed by atoms with E-state index in [2.05, 4.69) is 25.0 Å². The number of amides is 1. The van der Waals surface area contributed by atoms with Crippen LogP contribution in [0.2, 0.25) is 0 Å². The maximum absolute atomic E-state index is 13.3. The summed E-state index contributed by atoms with van der Waals surface area (Å²) < 4.78 is 33.1. The molecule has 4 heterocycles. The normalized spacial score (nSPS) is 16.4. The van der Waals surface area contributed by atoms with Crippen molar-refractivity contribution in [3.05, 3.63) is 59.0 Å². The number of carbonyl (C=O) groups excluding carboxylic acids is 1. The highest BCUT2D eigenvalue weighted by atomic mass is 19.3. The number of H-pyrrole nitrogens is 1. The van der Waals surface area contributed by atoms with Gasteiger partial charge in [0.05, 0.1) is 12.0 Å². The summed E-state index contributed by atoms with van der Waals surface area (Å²) >= 11 is 0.